The van der Waals surface area contributed by atoms with Crippen LogP contribution in [0.15, 0.2) is 48.9 Å². The number of pyridine rings is 2. The van der Waals surface area contributed by atoms with Gasteiger partial charge in [0.05, 0.1) is 5.52 Å². The SMILES string of the molecule is CC(C)CCNC(=O)c1nc(C(=O)NCc2cccnc2)c2ccccn12. The molecular weight excluding hydrogens is 342 g/mol. The number of hydrogen-bond acceptors (Lipinski definition) is 4. The first-order valence-electron chi connectivity index (χ1n) is 8.98. The maximum atomic E-state index is 12.6. The van der Waals surface area contributed by atoms with E-state index in [0.717, 1.165) is 12.0 Å². The molecule has 0 fully saturated rings. The topological polar surface area (TPSA) is 88.4 Å². The smallest absolute Gasteiger partial charge is 0.287 e. The van der Waals surface area contributed by atoms with Crippen molar-refractivity contribution in [2.75, 3.05) is 6.54 Å². The van der Waals surface area contributed by atoms with Gasteiger partial charge in [0.1, 0.15) is 0 Å². The molecule has 0 atom stereocenters. The number of nitrogens with zero attached hydrogens (tertiary/aromatic N) is 3. The van der Waals surface area contributed by atoms with Crippen molar-refractivity contribution < 1.29 is 9.59 Å². The minimum Gasteiger partial charge on any atom is -0.349 e. The lowest BCUT2D eigenvalue weighted by Crippen LogP contribution is -2.27. The van der Waals surface area contributed by atoms with Crippen LogP contribution in [0.2, 0.25) is 0 Å². The summed E-state index contributed by atoms with van der Waals surface area (Å²) in [4.78, 5) is 33.5. The predicted molar refractivity (Wildman–Crippen MR) is 102 cm³/mol. The zero-order valence-corrected chi connectivity index (χ0v) is 15.5. The molecule has 3 aromatic rings. The average molecular weight is 365 g/mol. The van der Waals surface area contributed by atoms with E-state index in [1.54, 1.807) is 35.1 Å². The lowest BCUT2D eigenvalue weighted by atomic mass is 10.1. The van der Waals surface area contributed by atoms with E-state index in [1.165, 1.54) is 0 Å². The van der Waals surface area contributed by atoms with Crippen molar-refractivity contribution in [1.82, 2.24) is 25.0 Å². The minimum atomic E-state index is -0.330. The molecule has 0 saturated heterocycles. The van der Waals surface area contributed by atoms with Gasteiger partial charge in [0.15, 0.2) is 5.69 Å². The van der Waals surface area contributed by atoms with Gasteiger partial charge in [-0.2, -0.15) is 0 Å². The Bertz CT molecular complexity index is 934. The van der Waals surface area contributed by atoms with Gasteiger partial charge in [-0.25, -0.2) is 4.98 Å². The molecule has 7 nitrogen and oxygen atoms in total. The molecule has 0 aliphatic carbocycles. The van der Waals surface area contributed by atoms with Gasteiger partial charge in [0.25, 0.3) is 11.8 Å². The largest absolute Gasteiger partial charge is 0.349 e. The molecule has 2 amide bonds. The fraction of sp³-hybridized carbons (Fsp3) is 0.300. The van der Waals surface area contributed by atoms with Gasteiger partial charge in [-0.15, -0.1) is 0 Å². The lowest BCUT2D eigenvalue weighted by Gasteiger charge is -2.06. The van der Waals surface area contributed by atoms with E-state index < -0.39 is 0 Å². The maximum absolute atomic E-state index is 12.6. The molecule has 2 N–H and O–H groups in total. The van der Waals surface area contributed by atoms with E-state index >= 15 is 0 Å². The first-order valence-corrected chi connectivity index (χ1v) is 8.98. The van der Waals surface area contributed by atoms with E-state index in [4.69, 9.17) is 0 Å². The number of fused-ring (bicyclic) bond motifs is 1. The van der Waals surface area contributed by atoms with Gasteiger partial charge in [0.2, 0.25) is 5.82 Å². The Balaban J connectivity index is 1.79. The number of rotatable bonds is 7. The van der Waals surface area contributed by atoms with Crippen molar-refractivity contribution in [1.29, 1.82) is 0 Å². The van der Waals surface area contributed by atoms with Crippen molar-refractivity contribution in [3.63, 3.8) is 0 Å². The van der Waals surface area contributed by atoms with Crippen molar-refractivity contribution in [3.05, 3.63) is 66.0 Å². The molecule has 140 valence electrons. The predicted octanol–water partition coefficient (Wildman–Crippen LogP) is 2.44. The summed E-state index contributed by atoms with van der Waals surface area (Å²) in [5.74, 6) is 0.0870. The molecule has 3 heterocycles. The summed E-state index contributed by atoms with van der Waals surface area (Å²) in [6, 6.07) is 9.09. The van der Waals surface area contributed by atoms with Crippen LogP contribution in [0, 0.1) is 5.92 Å². The van der Waals surface area contributed by atoms with E-state index in [1.807, 2.05) is 18.2 Å². The number of carbonyl (C=O) groups excluding carboxylic acids is 2. The van der Waals surface area contributed by atoms with Crippen molar-refractivity contribution >= 4 is 17.3 Å². The lowest BCUT2D eigenvalue weighted by molar-refractivity contribution is 0.0941. The Morgan fingerprint density at radius 2 is 1.96 bits per heavy atom. The van der Waals surface area contributed by atoms with Crippen LogP contribution in [0.5, 0.6) is 0 Å². The van der Waals surface area contributed by atoms with Gasteiger partial charge < -0.3 is 10.6 Å². The van der Waals surface area contributed by atoms with E-state index in [0.29, 0.717) is 24.5 Å². The van der Waals surface area contributed by atoms with Crippen LogP contribution < -0.4 is 10.6 Å². The first-order chi connectivity index (χ1) is 13.1. The van der Waals surface area contributed by atoms with Gasteiger partial charge in [0, 0.05) is 31.7 Å². The first kappa shape index (κ1) is 18.6. The summed E-state index contributed by atoms with van der Waals surface area (Å²) in [6.07, 6.45) is 5.99. The van der Waals surface area contributed by atoms with Gasteiger partial charge in [-0.05, 0) is 36.1 Å². The summed E-state index contributed by atoms with van der Waals surface area (Å²) < 4.78 is 1.64. The summed E-state index contributed by atoms with van der Waals surface area (Å²) in [7, 11) is 0. The molecule has 7 heteroatoms. The molecule has 0 radical (unpaired) electrons. The number of hydrogen-bond donors (Lipinski definition) is 2. The normalized spacial score (nSPS) is 10.9. The molecule has 0 saturated carbocycles. The van der Waals surface area contributed by atoms with Crippen molar-refractivity contribution in [2.45, 2.75) is 26.8 Å². The Morgan fingerprint density at radius 3 is 2.70 bits per heavy atom. The fourth-order valence-corrected chi connectivity index (χ4v) is 2.69. The van der Waals surface area contributed by atoms with Crippen molar-refractivity contribution in [3.8, 4) is 0 Å². The average Bonchev–Trinajstić information content (AvgIpc) is 3.06. The van der Waals surface area contributed by atoms with Gasteiger partial charge >= 0.3 is 0 Å². The van der Waals surface area contributed by atoms with Crippen molar-refractivity contribution in [2.24, 2.45) is 5.92 Å². The summed E-state index contributed by atoms with van der Waals surface area (Å²) >= 11 is 0. The Hall–Kier alpha value is -3.22. The highest BCUT2D eigenvalue weighted by atomic mass is 16.2. The molecule has 0 aliphatic rings. The summed E-state index contributed by atoms with van der Waals surface area (Å²) in [5, 5.41) is 5.70. The molecule has 3 rings (SSSR count). The third-order valence-electron chi connectivity index (χ3n) is 4.15. The summed E-state index contributed by atoms with van der Waals surface area (Å²) in [5.41, 5.74) is 1.71. The zero-order valence-electron chi connectivity index (χ0n) is 15.5. The highest BCUT2D eigenvalue weighted by Crippen LogP contribution is 2.14. The standard InChI is InChI=1S/C20H23N5O2/c1-14(2)8-10-22-20(27)18-24-17(16-7-3-4-11-25(16)18)19(26)23-13-15-6-5-9-21-12-15/h3-7,9,11-12,14H,8,10,13H2,1-2H3,(H,22,27)(H,23,26). The molecule has 0 aliphatic heterocycles. The fourth-order valence-electron chi connectivity index (χ4n) is 2.69. The van der Waals surface area contributed by atoms with E-state index in [9.17, 15) is 9.59 Å². The third kappa shape index (κ3) is 4.49. The van der Waals surface area contributed by atoms with E-state index in [-0.39, 0.29) is 23.3 Å². The number of carbonyl (C=O) groups is 2. The molecule has 0 aromatic carbocycles. The van der Waals surface area contributed by atoms with Crippen LogP contribution >= 0.6 is 0 Å². The Morgan fingerprint density at radius 1 is 1.11 bits per heavy atom. The highest BCUT2D eigenvalue weighted by Gasteiger charge is 2.21. The second kappa shape index (κ2) is 8.44. The number of aromatic nitrogens is 3. The molecule has 0 bridgehead atoms. The second-order valence-electron chi connectivity index (χ2n) is 6.72. The van der Waals surface area contributed by atoms with Crippen LogP contribution in [0.25, 0.3) is 5.52 Å². The van der Waals surface area contributed by atoms with Crippen LogP contribution in [-0.4, -0.2) is 32.7 Å². The molecule has 0 spiro atoms. The van der Waals surface area contributed by atoms with Crippen LogP contribution in [0.4, 0.5) is 0 Å². The molecule has 3 aromatic heterocycles. The molecule has 27 heavy (non-hydrogen) atoms. The Kier molecular flexibility index (Phi) is 5.80. The highest BCUT2D eigenvalue weighted by molar-refractivity contribution is 6.02. The van der Waals surface area contributed by atoms with Crippen LogP contribution in [-0.2, 0) is 6.54 Å². The minimum absolute atomic E-state index is 0.209. The number of amides is 2. The van der Waals surface area contributed by atoms with Crippen LogP contribution in [0.3, 0.4) is 0 Å². The number of imidazole rings is 1. The monoisotopic (exact) mass is 365 g/mol. The van der Waals surface area contributed by atoms with E-state index in [2.05, 4.69) is 34.4 Å². The second-order valence-corrected chi connectivity index (χ2v) is 6.72. The third-order valence-corrected chi connectivity index (χ3v) is 4.15. The Labute approximate surface area is 157 Å². The molecule has 0 unspecified atom stereocenters. The zero-order chi connectivity index (χ0) is 19.2. The van der Waals surface area contributed by atoms with Gasteiger partial charge in [-0.3, -0.25) is 19.0 Å². The summed E-state index contributed by atoms with van der Waals surface area (Å²) in [6.45, 7) is 5.11. The van der Waals surface area contributed by atoms with Gasteiger partial charge in [-0.1, -0.05) is 26.0 Å². The van der Waals surface area contributed by atoms with Crippen LogP contribution in [0.1, 0.15) is 46.9 Å². The number of nitrogens with one attached hydrogen (secondary N) is 2. The maximum Gasteiger partial charge on any atom is 0.287 e. The molecular formula is C20H23N5O2. The quantitative estimate of drug-likeness (QED) is 0.673.